The summed E-state index contributed by atoms with van der Waals surface area (Å²) in [6.45, 7) is 1.89. The summed E-state index contributed by atoms with van der Waals surface area (Å²) >= 11 is 0. The second-order valence-electron chi connectivity index (χ2n) is 3.93. The average molecular weight is 215 g/mol. The zero-order chi connectivity index (χ0) is 11.2. The van der Waals surface area contributed by atoms with Crippen LogP contribution in [-0.4, -0.2) is 16.3 Å². The van der Waals surface area contributed by atoms with E-state index in [2.05, 4.69) is 34.7 Å². The highest BCUT2D eigenvalue weighted by atomic mass is 15.2. The minimum Gasteiger partial charge on any atom is -0.312 e. The Balaban J connectivity index is 1.69. The van der Waals surface area contributed by atoms with Gasteiger partial charge >= 0.3 is 0 Å². The first kappa shape index (κ1) is 10.9. The highest BCUT2D eigenvalue weighted by Gasteiger charge is 1.95. The van der Waals surface area contributed by atoms with Crippen LogP contribution in [0.1, 0.15) is 11.1 Å². The van der Waals surface area contributed by atoms with Gasteiger partial charge in [0.05, 0.1) is 6.20 Å². The smallest absolute Gasteiger partial charge is 0.0534 e. The molecule has 0 amide bonds. The molecule has 2 rings (SSSR count). The first-order chi connectivity index (χ1) is 7.84. The Kier molecular flexibility index (Phi) is 3.72. The highest BCUT2D eigenvalue weighted by Crippen LogP contribution is 1.99. The van der Waals surface area contributed by atoms with Crippen LogP contribution in [0.5, 0.6) is 0 Å². The topological polar surface area (TPSA) is 29.9 Å². The maximum absolute atomic E-state index is 4.13. The predicted molar refractivity (Wildman–Crippen MR) is 65.1 cm³/mol. The van der Waals surface area contributed by atoms with Crippen molar-refractivity contribution in [2.45, 2.75) is 13.0 Å². The molecule has 0 bridgehead atoms. The molecule has 3 heteroatoms. The van der Waals surface area contributed by atoms with Gasteiger partial charge in [-0.1, -0.05) is 30.3 Å². The van der Waals surface area contributed by atoms with Crippen LogP contribution in [0.3, 0.4) is 0 Å². The third kappa shape index (κ3) is 3.21. The Hall–Kier alpha value is -1.61. The first-order valence-electron chi connectivity index (χ1n) is 5.57. The van der Waals surface area contributed by atoms with Crippen molar-refractivity contribution in [3.63, 3.8) is 0 Å². The molecule has 0 aliphatic heterocycles. The molecule has 0 aliphatic carbocycles. The fourth-order valence-electron chi connectivity index (χ4n) is 1.67. The van der Waals surface area contributed by atoms with Gasteiger partial charge in [-0.05, 0) is 18.5 Å². The van der Waals surface area contributed by atoms with Gasteiger partial charge in [0.1, 0.15) is 0 Å². The largest absolute Gasteiger partial charge is 0.312 e. The SMILES string of the molecule is Cn1cc(CNCCc2ccccc2)cn1. The molecule has 84 valence electrons. The maximum atomic E-state index is 4.13. The van der Waals surface area contributed by atoms with E-state index in [0.29, 0.717) is 0 Å². The quantitative estimate of drug-likeness (QED) is 0.770. The summed E-state index contributed by atoms with van der Waals surface area (Å²) in [6, 6.07) is 10.5. The molecule has 1 heterocycles. The number of nitrogens with one attached hydrogen (secondary N) is 1. The fourth-order valence-corrected chi connectivity index (χ4v) is 1.67. The van der Waals surface area contributed by atoms with E-state index in [1.165, 1.54) is 11.1 Å². The van der Waals surface area contributed by atoms with Crippen molar-refractivity contribution in [1.82, 2.24) is 15.1 Å². The molecular weight excluding hydrogens is 198 g/mol. The minimum absolute atomic E-state index is 0.890. The van der Waals surface area contributed by atoms with Crippen molar-refractivity contribution in [2.24, 2.45) is 7.05 Å². The molecule has 0 spiro atoms. The molecule has 0 radical (unpaired) electrons. The van der Waals surface area contributed by atoms with Crippen molar-refractivity contribution >= 4 is 0 Å². The molecule has 0 saturated heterocycles. The Morgan fingerprint density at radius 1 is 1.19 bits per heavy atom. The van der Waals surface area contributed by atoms with Crippen LogP contribution in [-0.2, 0) is 20.0 Å². The minimum atomic E-state index is 0.890. The summed E-state index contributed by atoms with van der Waals surface area (Å²) in [6.07, 6.45) is 5.01. The van der Waals surface area contributed by atoms with E-state index in [-0.39, 0.29) is 0 Å². The molecule has 1 N–H and O–H groups in total. The van der Waals surface area contributed by atoms with Crippen LogP contribution in [0.2, 0.25) is 0 Å². The molecule has 0 fully saturated rings. The highest BCUT2D eigenvalue weighted by molar-refractivity contribution is 5.14. The lowest BCUT2D eigenvalue weighted by Crippen LogP contribution is -2.16. The number of benzene rings is 1. The number of hydrogen-bond acceptors (Lipinski definition) is 2. The molecular formula is C13H17N3. The van der Waals surface area contributed by atoms with Gasteiger partial charge < -0.3 is 5.32 Å². The fraction of sp³-hybridized carbons (Fsp3) is 0.308. The number of aryl methyl sites for hydroxylation is 1. The number of rotatable bonds is 5. The maximum Gasteiger partial charge on any atom is 0.0534 e. The van der Waals surface area contributed by atoms with E-state index < -0.39 is 0 Å². The number of nitrogens with zero attached hydrogens (tertiary/aromatic N) is 2. The van der Waals surface area contributed by atoms with Crippen LogP contribution < -0.4 is 5.32 Å². The van der Waals surface area contributed by atoms with Crippen molar-refractivity contribution in [3.05, 3.63) is 53.9 Å². The summed E-state index contributed by atoms with van der Waals surface area (Å²) in [5, 5.41) is 7.54. The molecule has 1 aromatic carbocycles. The first-order valence-corrected chi connectivity index (χ1v) is 5.57. The predicted octanol–water partition coefficient (Wildman–Crippen LogP) is 1.75. The van der Waals surface area contributed by atoms with E-state index >= 15 is 0 Å². The lowest BCUT2D eigenvalue weighted by Gasteiger charge is -2.02. The van der Waals surface area contributed by atoms with Gasteiger partial charge in [-0.15, -0.1) is 0 Å². The summed E-state index contributed by atoms with van der Waals surface area (Å²) in [5.74, 6) is 0. The van der Waals surface area contributed by atoms with Gasteiger partial charge in [-0.25, -0.2) is 0 Å². The van der Waals surface area contributed by atoms with E-state index in [1.54, 1.807) is 0 Å². The Morgan fingerprint density at radius 2 is 2.00 bits per heavy atom. The zero-order valence-electron chi connectivity index (χ0n) is 9.56. The van der Waals surface area contributed by atoms with Crippen molar-refractivity contribution in [3.8, 4) is 0 Å². The van der Waals surface area contributed by atoms with Crippen LogP contribution in [0, 0.1) is 0 Å². The van der Waals surface area contributed by atoms with Crippen LogP contribution in [0.25, 0.3) is 0 Å². The Labute approximate surface area is 96.1 Å². The lowest BCUT2D eigenvalue weighted by atomic mass is 10.1. The number of hydrogen-bond donors (Lipinski definition) is 1. The lowest BCUT2D eigenvalue weighted by molar-refractivity contribution is 0.685. The summed E-state index contributed by atoms with van der Waals surface area (Å²) in [4.78, 5) is 0. The molecule has 0 saturated carbocycles. The van der Waals surface area contributed by atoms with Crippen molar-refractivity contribution in [1.29, 1.82) is 0 Å². The molecule has 16 heavy (non-hydrogen) atoms. The Morgan fingerprint density at radius 3 is 2.69 bits per heavy atom. The van der Waals surface area contributed by atoms with E-state index in [1.807, 2.05) is 30.2 Å². The third-order valence-electron chi connectivity index (χ3n) is 2.52. The molecule has 0 atom stereocenters. The van der Waals surface area contributed by atoms with Crippen LogP contribution >= 0.6 is 0 Å². The second-order valence-corrected chi connectivity index (χ2v) is 3.93. The van der Waals surface area contributed by atoms with Gasteiger partial charge in [0.15, 0.2) is 0 Å². The van der Waals surface area contributed by atoms with Crippen LogP contribution in [0.15, 0.2) is 42.7 Å². The molecule has 0 aliphatic rings. The van der Waals surface area contributed by atoms with Gasteiger partial charge in [0, 0.05) is 25.4 Å². The molecule has 0 unspecified atom stereocenters. The normalized spacial score (nSPS) is 10.6. The van der Waals surface area contributed by atoms with E-state index in [4.69, 9.17) is 0 Å². The van der Waals surface area contributed by atoms with Gasteiger partial charge in [0.25, 0.3) is 0 Å². The Bertz CT molecular complexity index is 420. The van der Waals surface area contributed by atoms with Gasteiger partial charge in [0.2, 0.25) is 0 Å². The van der Waals surface area contributed by atoms with Crippen molar-refractivity contribution in [2.75, 3.05) is 6.54 Å². The van der Waals surface area contributed by atoms with E-state index in [0.717, 1.165) is 19.5 Å². The van der Waals surface area contributed by atoms with Crippen LogP contribution in [0.4, 0.5) is 0 Å². The molecule has 1 aromatic heterocycles. The second kappa shape index (κ2) is 5.47. The van der Waals surface area contributed by atoms with Gasteiger partial charge in [-0.3, -0.25) is 4.68 Å². The molecule has 3 nitrogen and oxygen atoms in total. The average Bonchev–Trinajstić information content (AvgIpc) is 2.72. The standard InChI is InChI=1S/C13H17N3/c1-16-11-13(10-15-16)9-14-8-7-12-5-3-2-4-6-12/h2-6,10-11,14H,7-9H2,1H3. The summed E-state index contributed by atoms with van der Waals surface area (Å²) in [7, 11) is 1.94. The summed E-state index contributed by atoms with van der Waals surface area (Å²) < 4.78 is 1.83. The van der Waals surface area contributed by atoms with Crippen molar-refractivity contribution < 1.29 is 0 Å². The molecule has 2 aromatic rings. The van der Waals surface area contributed by atoms with Gasteiger partial charge in [-0.2, -0.15) is 5.10 Å². The summed E-state index contributed by atoms with van der Waals surface area (Å²) in [5.41, 5.74) is 2.61. The monoisotopic (exact) mass is 215 g/mol. The zero-order valence-corrected chi connectivity index (χ0v) is 9.56. The van der Waals surface area contributed by atoms with E-state index in [9.17, 15) is 0 Å². The number of aromatic nitrogens is 2. The third-order valence-corrected chi connectivity index (χ3v) is 2.52.